The summed E-state index contributed by atoms with van der Waals surface area (Å²) in [4.78, 5) is 22.0. The minimum Gasteiger partial charge on any atom is -0.477 e. The zero-order valence-electron chi connectivity index (χ0n) is 16.3. The molecule has 1 heterocycles. The van der Waals surface area contributed by atoms with Gasteiger partial charge in [-0.3, -0.25) is 4.99 Å². The Morgan fingerprint density at radius 3 is 2.35 bits per heavy atom. The lowest BCUT2D eigenvalue weighted by molar-refractivity contribution is -0.413. The summed E-state index contributed by atoms with van der Waals surface area (Å²) in [7, 11) is 1.51. The van der Waals surface area contributed by atoms with Crippen molar-refractivity contribution in [2.45, 2.75) is 6.18 Å². The molecule has 0 aliphatic heterocycles. The van der Waals surface area contributed by atoms with Crippen molar-refractivity contribution in [1.82, 2.24) is 9.97 Å². The Morgan fingerprint density at radius 1 is 1.10 bits per heavy atom. The third-order valence-corrected chi connectivity index (χ3v) is 4.15. The van der Waals surface area contributed by atoms with Gasteiger partial charge < -0.3 is 9.84 Å². The summed E-state index contributed by atoms with van der Waals surface area (Å²) in [5.74, 6) is -0.717. The highest BCUT2D eigenvalue weighted by molar-refractivity contribution is 5.86. The fourth-order valence-electron chi connectivity index (χ4n) is 2.74. The van der Waals surface area contributed by atoms with Crippen LogP contribution in [-0.4, -0.2) is 34.3 Å². The summed E-state index contributed by atoms with van der Waals surface area (Å²) in [6, 6.07) is 11.2. The number of hydrogen-bond donors (Lipinski definition) is 2. The smallest absolute Gasteiger partial charge is 0.417 e. The van der Waals surface area contributed by atoms with Gasteiger partial charge in [-0.25, -0.2) is 14.8 Å². The van der Waals surface area contributed by atoms with Crippen molar-refractivity contribution >= 4 is 18.3 Å². The average Bonchev–Trinajstić information content (AvgIpc) is 2.74. The third kappa shape index (κ3) is 5.13. The van der Waals surface area contributed by atoms with Crippen LogP contribution in [0.15, 0.2) is 55.1 Å². The predicted molar refractivity (Wildman–Crippen MR) is 108 cm³/mol. The van der Waals surface area contributed by atoms with E-state index in [1.54, 1.807) is 12.1 Å². The molecule has 0 aliphatic carbocycles. The quantitative estimate of drug-likeness (QED) is 0.588. The molecule has 0 unspecified atom stereocenters. The Hall–Kier alpha value is -4.01. The van der Waals surface area contributed by atoms with E-state index in [4.69, 9.17) is 4.74 Å². The van der Waals surface area contributed by atoms with Crippen molar-refractivity contribution in [2.24, 2.45) is 0 Å². The van der Waals surface area contributed by atoms with Crippen LogP contribution in [0.4, 0.5) is 13.2 Å². The van der Waals surface area contributed by atoms with Crippen LogP contribution >= 0.6 is 0 Å². The highest BCUT2D eigenvalue weighted by Gasteiger charge is 2.34. The number of benzene rings is 2. The summed E-state index contributed by atoms with van der Waals surface area (Å²) in [5, 5.41) is 9.19. The minimum atomic E-state index is -4.54. The van der Waals surface area contributed by atoms with E-state index < -0.39 is 17.7 Å². The average molecular weight is 428 g/mol. The number of halogens is 3. The number of carboxylic acids is 1. The van der Waals surface area contributed by atoms with Crippen molar-refractivity contribution in [2.75, 3.05) is 7.05 Å². The standard InChI is InChI=1S/C22H16F3N3O3/c1-3-15-10-19(21(29)30)28-20(27-15)13-4-7-16(8-5-13)31-17-9-6-14(12-26-2)18(11-17)22(23,24)25/h3-12H,1H2,2H3,(H,29,30)/p+1. The minimum absolute atomic E-state index is 0.00816. The molecule has 3 aromatic rings. The second-order valence-electron chi connectivity index (χ2n) is 6.32. The van der Waals surface area contributed by atoms with E-state index in [-0.39, 0.29) is 22.8 Å². The summed E-state index contributed by atoms with van der Waals surface area (Å²) < 4.78 is 45.5. The normalized spacial score (nSPS) is 11.5. The second kappa shape index (κ2) is 8.78. The number of aromatic nitrogens is 2. The first-order valence-electron chi connectivity index (χ1n) is 8.96. The maximum Gasteiger partial charge on any atom is 0.417 e. The molecular formula is C22H17F3N3O3+. The molecule has 0 fully saturated rings. The number of nitrogens with zero attached hydrogens (tertiary/aromatic N) is 2. The lowest BCUT2D eigenvalue weighted by Gasteiger charge is -2.12. The van der Waals surface area contributed by atoms with Gasteiger partial charge in [0, 0.05) is 5.56 Å². The van der Waals surface area contributed by atoms with Crippen LogP contribution in [0.25, 0.3) is 17.5 Å². The summed E-state index contributed by atoms with van der Waals surface area (Å²) in [6.07, 6.45) is -1.88. The molecule has 0 saturated carbocycles. The van der Waals surface area contributed by atoms with Crippen molar-refractivity contribution in [1.29, 1.82) is 0 Å². The topological polar surface area (TPSA) is 86.3 Å². The van der Waals surface area contributed by atoms with Gasteiger partial charge >= 0.3 is 12.1 Å². The van der Waals surface area contributed by atoms with Gasteiger partial charge in [-0.1, -0.05) is 6.58 Å². The predicted octanol–water partition coefficient (Wildman–Crippen LogP) is 3.43. The second-order valence-corrected chi connectivity index (χ2v) is 6.32. The third-order valence-electron chi connectivity index (χ3n) is 4.15. The SMILES string of the molecule is C=Cc1cc(C(=O)O)nc(-c2ccc(Oc3ccc(C=[NH+]C)c(C(F)(F)F)c3)cc2)n1. The van der Waals surface area contributed by atoms with Crippen LogP contribution in [0.1, 0.15) is 27.3 Å². The van der Waals surface area contributed by atoms with Crippen LogP contribution in [0.3, 0.4) is 0 Å². The number of rotatable bonds is 6. The van der Waals surface area contributed by atoms with E-state index in [0.29, 0.717) is 17.0 Å². The van der Waals surface area contributed by atoms with Crippen molar-refractivity contribution in [3.8, 4) is 22.9 Å². The van der Waals surface area contributed by atoms with E-state index in [0.717, 1.165) is 6.07 Å². The molecule has 0 atom stereocenters. The zero-order chi connectivity index (χ0) is 22.6. The Balaban J connectivity index is 1.89. The van der Waals surface area contributed by atoms with Crippen LogP contribution in [0.2, 0.25) is 0 Å². The van der Waals surface area contributed by atoms with Gasteiger partial charge in [0.1, 0.15) is 18.5 Å². The summed E-state index contributed by atoms with van der Waals surface area (Å²) in [5.41, 5.74) is -0.161. The number of carbonyl (C=O) groups is 1. The van der Waals surface area contributed by atoms with Crippen LogP contribution in [0.5, 0.6) is 11.5 Å². The number of carboxylic acid groups (broad SMARTS) is 1. The molecule has 0 aliphatic rings. The summed E-state index contributed by atoms with van der Waals surface area (Å²) in [6.45, 7) is 3.58. The molecule has 0 spiro atoms. The Bertz CT molecular complexity index is 1160. The molecule has 2 aromatic carbocycles. The maximum atomic E-state index is 13.3. The van der Waals surface area contributed by atoms with Gasteiger partial charge in [0.2, 0.25) is 0 Å². The highest BCUT2D eigenvalue weighted by Crippen LogP contribution is 2.35. The van der Waals surface area contributed by atoms with Crippen LogP contribution in [0, 0.1) is 0 Å². The van der Waals surface area contributed by atoms with Crippen molar-refractivity contribution in [3.63, 3.8) is 0 Å². The number of alkyl halides is 3. The van der Waals surface area contributed by atoms with Gasteiger partial charge in [-0.15, -0.1) is 0 Å². The fraction of sp³-hybridized carbons (Fsp3) is 0.0909. The molecule has 0 amide bonds. The number of ether oxygens (including phenoxy) is 1. The molecule has 1 aromatic heterocycles. The van der Waals surface area contributed by atoms with Gasteiger partial charge in [-0.2, -0.15) is 13.2 Å². The lowest BCUT2D eigenvalue weighted by Crippen LogP contribution is -2.63. The molecule has 158 valence electrons. The van der Waals surface area contributed by atoms with E-state index in [1.165, 1.54) is 49.7 Å². The van der Waals surface area contributed by atoms with Crippen molar-refractivity contribution in [3.05, 3.63) is 77.6 Å². The van der Waals surface area contributed by atoms with Gasteiger partial charge in [0.05, 0.1) is 16.8 Å². The van der Waals surface area contributed by atoms with Gasteiger partial charge in [-0.05, 0) is 54.6 Å². The highest BCUT2D eigenvalue weighted by atomic mass is 19.4. The Kier molecular flexibility index (Phi) is 6.15. The van der Waals surface area contributed by atoms with E-state index >= 15 is 0 Å². The largest absolute Gasteiger partial charge is 0.477 e. The van der Waals surface area contributed by atoms with Crippen molar-refractivity contribution < 1.29 is 32.8 Å². The van der Waals surface area contributed by atoms with Gasteiger partial charge in [0.25, 0.3) is 0 Å². The molecule has 0 saturated heterocycles. The first-order valence-corrected chi connectivity index (χ1v) is 8.96. The molecule has 6 nitrogen and oxygen atoms in total. The molecule has 9 heteroatoms. The van der Waals surface area contributed by atoms with E-state index in [9.17, 15) is 23.1 Å². The molecular weight excluding hydrogens is 411 g/mol. The lowest BCUT2D eigenvalue weighted by atomic mass is 10.1. The monoisotopic (exact) mass is 428 g/mol. The van der Waals surface area contributed by atoms with Gasteiger partial charge in [0.15, 0.2) is 17.7 Å². The molecule has 2 N–H and O–H groups in total. The first kappa shape index (κ1) is 21.7. The maximum absolute atomic E-state index is 13.3. The molecule has 0 bridgehead atoms. The number of nitrogens with one attached hydrogen (secondary N) is 1. The van der Waals surface area contributed by atoms with Crippen LogP contribution in [-0.2, 0) is 6.18 Å². The van der Waals surface area contributed by atoms with E-state index in [2.05, 4.69) is 21.5 Å². The fourth-order valence-corrected chi connectivity index (χ4v) is 2.74. The number of hydrogen-bond acceptors (Lipinski definition) is 4. The molecule has 0 radical (unpaired) electrons. The first-order chi connectivity index (χ1) is 14.7. The Morgan fingerprint density at radius 2 is 1.77 bits per heavy atom. The van der Waals surface area contributed by atoms with Crippen LogP contribution < -0.4 is 9.73 Å². The van der Waals surface area contributed by atoms with E-state index in [1.807, 2.05) is 0 Å². The molecule has 31 heavy (non-hydrogen) atoms. The Labute approximate surface area is 175 Å². The molecule has 3 rings (SSSR count). The summed E-state index contributed by atoms with van der Waals surface area (Å²) >= 11 is 0. The number of aromatic carboxylic acids is 1. The zero-order valence-corrected chi connectivity index (χ0v) is 16.3.